The Hall–Kier alpha value is -2.53. The Bertz CT molecular complexity index is 693. The highest BCUT2D eigenvalue weighted by molar-refractivity contribution is 5.98. The number of methoxy groups -OCH3 is 1. The third-order valence-electron chi connectivity index (χ3n) is 3.82. The Balaban J connectivity index is 0.00000100. The van der Waals surface area contributed by atoms with E-state index in [1.807, 2.05) is 13.8 Å². The Morgan fingerprint density at radius 3 is 2.46 bits per heavy atom. The van der Waals surface area contributed by atoms with Crippen LogP contribution in [0.3, 0.4) is 0 Å². The Kier molecular flexibility index (Phi) is 5.82. The number of hydrogen-bond donors (Lipinski definition) is 2. The summed E-state index contributed by atoms with van der Waals surface area (Å²) < 4.78 is 10.6. The van der Waals surface area contributed by atoms with E-state index in [0.717, 1.165) is 0 Å². The van der Waals surface area contributed by atoms with E-state index in [1.54, 1.807) is 37.4 Å². The Morgan fingerprint density at radius 1 is 1.17 bits per heavy atom. The number of benzene rings is 2. The van der Waals surface area contributed by atoms with Gasteiger partial charge in [-0.3, -0.25) is 4.79 Å². The van der Waals surface area contributed by atoms with Crippen molar-refractivity contribution in [1.29, 1.82) is 0 Å². The highest BCUT2D eigenvalue weighted by atomic mass is 16.5. The van der Waals surface area contributed by atoms with Crippen LogP contribution >= 0.6 is 0 Å². The molecule has 1 heterocycles. The van der Waals surface area contributed by atoms with E-state index in [0.29, 0.717) is 22.6 Å². The molecule has 2 unspecified atom stereocenters. The van der Waals surface area contributed by atoms with Crippen LogP contribution in [0.25, 0.3) is 0 Å². The lowest BCUT2D eigenvalue weighted by Crippen LogP contribution is -2.32. The van der Waals surface area contributed by atoms with E-state index < -0.39 is 12.0 Å². The van der Waals surface area contributed by atoms with Gasteiger partial charge in [0.2, 0.25) is 0 Å². The maximum atomic E-state index is 12.6. The third kappa shape index (κ3) is 3.51. The first-order valence-electron chi connectivity index (χ1n) is 7.92. The lowest BCUT2D eigenvalue weighted by atomic mass is 9.87. The molecule has 2 aromatic carbocycles. The number of hydrogen-bond acceptors (Lipinski definition) is 5. The second-order valence-electron chi connectivity index (χ2n) is 5.18. The third-order valence-corrected chi connectivity index (χ3v) is 3.82. The van der Waals surface area contributed by atoms with Gasteiger partial charge in [0.05, 0.1) is 19.1 Å². The maximum Gasteiger partial charge on any atom is 0.172 e. The smallest absolute Gasteiger partial charge is 0.172 e. The van der Waals surface area contributed by atoms with Crippen LogP contribution in [0.15, 0.2) is 42.5 Å². The molecule has 1 aliphatic rings. The average Bonchev–Trinajstić information content (AvgIpc) is 2.64. The van der Waals surface area contributed by atoms with Crippen LogP contribution in [-0.2, 0) is 0 Å². The predicted octanol–water partition coefficient (Wildman–Crippen LogP) is 3.35. The van der Waals surface area contributed by atoms with Crippen molar-refractivity contribution in [3.63, 3.8) is 0 Å². The van der Waals surface area contributed by atoms with E-state index in [2.05, 4.69) is 0 Å². The van der Waals surface area contributed by atoms with Gasteiger partial charge in [0.25, 0.3) is 0 Å². The molecular weight excluding hydrogens is 308 g/mol. The van der Waals surface area contributed by atoms with Crippen molar-refractivity contribution in [3.05, 3.63) is 53.6 Å². The minimum Gasteiger partial charge on any atom is -0.508 e. The van der Waals surface area contributed by atoms with Crippen LogP contribution in [-0.4, -0.2) is 29.7 Å². The molecule has 5 nitrogen and oxygen atoms in total. The minimum absolute atomic E-state index is 0.0268. The first-order valence-corrected chi connectivity index (χ1v) is 7.92. The van der Waals surface area contributed by atoms with Crippen molar-refractivity contribution in [1.82, 2.24) is 0 Å². The van der Waals surface area contributed by atoms with Gasteiger partial charge in [-0.25, -0.2) is 0 Å². The van der Waals surface area contributed by atoms with Crippen LogP contribution in [0, 0.1) is 5.92 Å². The summed E-state index contributed by atoms with van der Waals surface area (Å²) in [4.78, 5) is 12.6. The van der Waals surface area contributed by atoms with Gasteiger partial charge in [-0.05, 0) is 42.5 Å². The summed E-state index contributed by atoms with van der Waals surface area (Å²) in [7, 11) is 1.55. The molecule has 0 radical (unpaired) electrons. The molecule has 0 bridgehead atoms. The number of ketones is 1. The zero-order valence-electron chi connectivity index (χ0n) is 14.0. The summed E-state index contributed by atoms with van der Waals surface area (Å²) in [6.07, 6.45) is -1.01. The van der Waals surface area contributed by atoms with Gasteiger partial charge in [-0.15, -0.1) is 0 Å². The number of Topliss-reactive ketones (excluding diaryl/α,β-unsaturated/α-hetero) is 1. The number of rotatable bonds is 3. The summed E-state index contributed by atoms with van der Waals surface area (Å²) in [6.45, 7) is 4.10. The van der Waals surface area contributed by atoms with E-state index >= 15 is 0 Å². The monoisotopic (exact) mass is 330 g/mol. The molecule has 0 aliphatic carbocycles. The number of fused-ring (bicyclic) bond motifs is 1. The lowest BCUT2D eigenvalue weighted by Gasteiger charge is -2.29. The Morgan fingerprint density at radius 2 is 1.83 bits per heavy atom. The first kappa shape index (κ1) is 17.8. The normalized spacial score (nSPS) is 18.5. The van der Waals surface area contributed by atoms with Gasteiger partial charge in [-0.2, -0.15) is 0 Å². The van der Waals surface area contributed by atoms with Gasteiger partial charge in [-0.1, -0.05) is 13.8 Å². The second-order valence-corrected chi connectivity index (χ2v) is 5.18. The zero-order chi connectivity index (χ0) is 17.7. The zero-order valence-corrected chi connectivity index (χ0v) is 14.0. The molecule has 0 saturated heterocycles. The summed E-state index contributed by atoms with van der Waals surface area (Å²) >= 11 is 0. The summed E-state index contributed by atoms with van der Waals surface area (Å²) in [5, 5.41) is 20.0. The van der Waals surface area contributed by atoms with Gasteiger partial charge >= 0.3 is 0 Å². The van der Waals surface area contributed by atoms with Crippen LogP contribution in [0.2, 0.25) is 0 Å². The minimum atomic E-state index is -1.01. The van der Waals surface area contributed by atoms with Crippen molar-refractivity contribution in [2.24, 2.45) is 5.92 Å². The largest absolute Gasteiger partial charge is 0.508 e. The second kappa shape index (κ2) is 7.84. The number of aliphatic hydroxyl groups is 1. The van der Waals surface area contributed by atoms with Gasteiger partial charge in [0, 0.05) is 11.1 Å². The highest BCUT2D eigenvalue weighted by Crippen LogP contribution is 2.38. The SMILES string of the molecule is CC.COc1ccc(C(=O)C2COc3ccc(O)cc3C2O)cc1. The van der Waals surface area contributed by atoms with E-state index in [4.69, 9.17) is 9.47 Å². The van der Waals surface area contributed by atoms with Crippen molar-refractivity contribution >= 4 is 5.78 Å². The average molecular weight is 330 g/mol. The van der Waals surface area contributed by atoms with Gasteiger partial charge < -0.3 is 19.7 Å². The molecule has 2 atom stereocenters. The molecule has 0 saturated carbocycles. The number of carbonyl (C=O) groups is 1. The van der Waals surface area contributed by atoms with Crippen molar-refractivity contribution in [2.75, 3.05) is 13.7 Å². The van der Waals surface area contributed by atoms with Crippen LogP contribution < -0.4 is 9.47 Å². The standard InChI is InChI=1S/C17H16O5.C2H6/c1-21-12-5-2-10(3-6-12)16(19)14-9-22-15-7-4-11(18)8-13(15)17(14)20;1-2/h2-8,14,17-18,20H,9H2,1H3;1-2H3. The molecule has 1 aliphatic heterocycles. The molecule has 24 heavy (non-hydrogen) atoms. The first-order chi connectivity index (χ1) is 11.6. The molecule has 0 aromatic heterocycles. The fourth-order valence-corrected chi connectivity index (χ4v) is 2.57. The molecule has 3 rings (SSSR count). The van der Waals surface area contributed by atoms with Crippen LogP contribution in [0.5, 0.6) is 17.2 Å². The molecular formula is C19H22O5. The fraction of sp³-hybridized carbons (Fsp3) is 0.316. The fourth-order valence-electron chi connectivity index (χ4n) is 2.57. The van der Waals surface area contributed by atoms with Gasteiger partial charge in [0.1, 0.15) is 23.9 Å². The van der Waals surface area contributed by atoms with E-state index in [1.165, 1.54) is 12.1 Å². The summed E-state index contributed by atoms with van der Waals surface area (Å²) in [5.41, 5.74) is 0.912. The van der Waals surface area contributed by atoms with Crippen LogP contribution in [0.4, 0.5) is 0 Å². The van der Waals surface area contributed by atoms with E-state index in [9.17, 15) is 15.0 Å². The molecule has 2 aromatic rings. The lowest BCUT2D eigenvalue weighted by molar-refractivity contribution is 0.0416. The van der Waals surface area contributed by atoms with Crippen molar-refractivity contribution in [3.8, 4) is 17.2 Å². The Labute approximate surface area is 141 Å². The highest BCUT2D eigenvalue weighted by Gasteiger charge is 2.35. The maximum absolute atomic E-state index is 12.6. The number of aromatic hydroxyl groups is 1. The number of phenols is 1. The molecule has 0 amide bonds. The number of aliphatic hydroxyl groups excluding tert-OH is 1. The molecule has 128 valence electrons. The number of carbonyl (C=O) groups excluding carboxylic acids is 1. The molecule has 0 spiro atoms. The van der Waals surface area contributed by atoms with Crippen molar-refractivity contribution in [2.45, 2.75) is 20.0 Å². The van der Waals surface area contributed by atoms with E-state index in [-0.39, 0.29) is 18.1 Å². The number of ether oxygens (including phenoxy) is 2. The molecule has 0 fully saturated rings. The summed E-state index contributed by atoms with van der Waals surface area (Å²) in [6, 6.07) is 11.2. The predicted molar refractivity (Wildman–Crippen MR) is 90.7 cm³/mol. The number of phenolic OH excluding ortho intramolecular Hbond substituents is 1. The molecule has 2 N–H and O–H groups in total. The van der Waals surface area contributed by atoms with Gasteiger partial charge in [0.15, 0.2) is 5.78 Å². The quantitative estimate of drug-likeness (QED) is 0.844. The topological polar surface area (TPSA) is 76.0 Å². The molecule has 5 heteroatoms. The summed E-state index contributed by atoms with van der Waals surface area (Å²) in [5.74, 6) is 0.266. The van der Waals surface area contributed by atoms with Crippen LogP contribution in [0.1, 0.15) is 35.9 Å². The van der Waals surface area contributed by atoms with Crippen molar-refractivity contribution < 1.29 is 24.5 Å².